The van der Waals surface area contributed by atoms with Gasteiger partial charge in [0.05, 0.1) is 18.8 Å². The molecule has 1 amide bonds. The van der Waals surface area contributed by atoms with Gasteiger partial charge in [-0.2, -0.15) is 5.26 Å². The Morgan fingerprint density at radius 3 is 2.58 bits per heavy atom. The van der Waals surface area contributed by atoms with Crippen molar-refractivity contribution in [2.45, 2.75) is 52.5 Å². The second kappa shape index (κ2) is 5.92. The van der Waals surface area contributed by atoms with Crippen LogP contribution in [0.3, 0.4) is 0 Å². The Morgan fingerprint density at radius 2 is 2.11 bits per heavy atom. The lowest BCUT2D eigenvalue weighted by atomic mass is 10.0. The third kappa shape index (κ3) is 3.60. The van der Waals surface area contributed by atoms with Crippen molar-refractivity contribution in [1.82, 2.24) is 4.90 Å². The topological polar surface area (TPSA) is 57.2 Å². The second-order valence-corrected chi connectivity index (χ2v) is 5.90. The van der Waals surface area contributed by atoms with Gasteiger partial charge in [0.15, 0.2) is 5.76 Å². The van der Waals surface area contributed by atoms with Crippen molar-refractivity contribution in [3.05, 3.63) is 23.7 Å². The first-order valence-corrected chi connectivity index (χ1v) is 6.55. The van der Waals surface area contributed by atoms with Crippen molar-refractivity contribution in [2.24, 2.45) is 0 Å². The molecule has 1 aromatic rings. The number of nitriles is 1. The van der Waals surface area contributed by atoms with Gasteiger partial charge in [-0.05, 0) is 32.8 Å². The molecule has 0 aliphatic carbocycles. The highest BCUT2D eigenvalue weighted by Gasteiger charge is 2.30. The van der Waals surface area contributed by atoms with E-state index >= 15 is 0 Å². The largest absolute Gasteiger partial charge is 0.459 e. The van der Waals surface area contributed by atoms with Gasteiger partial charge in [0.2, 0.25) is 0 Å². The van der Waals surface area contributed by atoms with E-state index in [1.165, 1.54) is 0 Å². The van der Waals surface area contributed by atoms with Crippen LogP contribution in [-0.4, -0.2) is 22.9 Å². The standard InChI is InChI=1S/C15H22N2O2/c1-11(2)12-7-10-19-13(12)14(18)17(9-6-8-16)15(3,4)5/h7,10-11H,6,9H2,1-5H3. The zero-order valence-electron chi connectivity index (χ0n) is 12.4. The van der Waals surface area contributed by atoms with Gasteiger partial charge in [0.1, 0.15) is 0 Å². The number of nitrogens with zero attached hydrogens (tertiary/aromatic N) is 2. The van der Waals surface area contributed by atoms with Crippen molar-refractivity contribution in [3.63, 3.8) is 0 Å². The average Bonchev–Trinajstić information content (AvgIpc) is 2.76. The molecule has 0 radical (unpaired) electrons. The van der Waals surface area contributed by atoms with E-state index < -0.39 is 0 Å². The molecule has 0 atom stereocenters. The highest BCUT2D eigenvalue weighted by atomic mass is 16.3. The summed E-state index contributed by atoms with van der Waals surface area (Å²) in [6.45, 7) is 10.3. The Balaban J connectivity index is 3.06. The molecule has 0 aliphatic heterocycles. The van der Waals surface area contributed by atoms with Crippen LogP contribution in [0, 0.1) is 11.3 Å². The van der Waals surface area contributed by atoms with Crippen LogP contribution in [0.1, 0.15) is 63.1 Å². The summed E-state index contributed by atoms with van der Waals surface area (Å²) < 4.78 is 5.37. The maximum atomic E-state index is 12.6. The third-order valence-electron chi connectivity index (χ3n) is 3.01. The van der Waals surface area contributed by atoms with Crippen LogP contribution in [-0.2, 0) is 0 Å². The van der Waals surface area contributed by atoms with E-state index in [-0.39, 0.29) is 17.4 Å². The van der Waals surface area contributed by atoms with E-state index in [0.717, 1.165) is 5.56 Å². The molecule has 0 saturated heterocycles. The maximum absolute atomic E-state index is 12.6. The van der Waals surface area contributed by atoms with E-state index in [1.54, 1.807) is 11.2 Å². The zero-order chi connectivity index (χ0) is 14.6. The normalized spacial score (nSPS) is 11.4. The Kier molecular flexibility index (Phi) is 4.77. The van der Waals surface area contributed by atoms with Gasteiger partial charge in [0.25, 0.3) is 5.91 Å². The summed E-state index contributed by atoms with van der Waals surface area (Å²) in [5, 5.41) is 8.72. The van der Waals surface area contributed by atoms with Crippen LogP contribution < -0.4 is 0 Å². The maximum Gasteiger partial charge on any atom is 0.290 e. The second-order valence-electron chi connectivity index (χ2n) is 5.90. The Bertz CT molecular complexity index is 475. The molecule has 0 aromatic carbocycles. The molecule has 0 spiro atoms. The van der Waals surface area contributed by atoms with Crippen LogP contribution in [0.25, 0.3) is 0 Å². The quantitative estimate of drug-likeness (QED) is 0.833. The van der Waals surface area contributed by atoms with Gasteiger partial charge >= 0.3 is 0 Å². The minimum Gasteiger partial charge on any atom is -0.459 e. The summed E-state index contributed by atoms with van der Waals surface area (Å²) in [5.41, 5.74) is 0.575. The first-order chi connectivity index (χ1) is 8.79. The molecular weight excluding hydrogens is 240 g/mol. The number of rotatable bonds is 4. The predicted molar refractivity (Wildman–Crippen MR) is 73.8 cm³/mol. The summed E-state index contributed by atoms with van der Waals surface area (Å²) in [6, 6.07) is 3.92. The number of carbonyl (C=O) groups excluding carboxylic acids is 1. The van der Waals surface area contributed by atoms with Gasteiger partial charge in [-0.25, -0.2) is 0 Å². The molecule has 0 bridgehead atoms. The Hall–Kier alpha value is -1.76. The third-order valence-corrected chi connectivity index (χ3v) is 3.01. The van der Waals surface area contributed by atoms with Gasteiger partial charge in [-0.15, -0.1) is 0 Å². The van der Waals surface area contributed by atoms with Crippen LogP contribution in [0.5, 0.6) is 0 Å². The van der Waals surface area contributed by atoms with Crippen LogP contribution in [0.15, 0.2) is 16.7 Å². The van der Waals surface area contributed by atoms with E-state index in [2.05, 4.69) is 6.07 Å². The lowest BCUT2D eigenvalue weighted by molar-refractivity contribution is 0.0554. The molecule has 0 unspecified atom stereocenters. The van der Waals surface area contributed by atoms with Crippen molar-refractivity contribution >= 4 is 5.91 Å². The number of hydrogen-bond donors (Lipinski definition) is 0. The fourth-order valence-corrected chi connectivity index (χ4v) is 1.97. The Morgan fingerprint density at radius 1 is 1.47 bits per heavy atom. The number of carbonyl (C=O) groups is 1. The highest BCUT2D eigenvalue weighted by Crippen LogP contribution is 2.25. The lowest BCUT2D eigenvalue weighted by Crippen LogP contribution is -2.46. The number of furan rings is 1. The molecule has 4 heteroatoms. The van der Waals surface area contributed by atoms with E-state index in [9.17, 15) is 4.79 Å². The van der Waals surface area contributed by atoms with Crippen LogP contribution in [0.4, 0.5) is 0 Å². The molecule has 4 nitrogen and oxygen atoms in total. The molecule has 19 heavy (non-hydrogen) atoms. The first kappa shape index (κ1) is 15.3. The van der Waals surface area contributed by atoms with Gasteiger partial charge < -0.3 is 9.32 Å². The molecule has 0 aliphatic rings. The van der Waals surface area contributed by atoms with Gasteiger partial charge in [0, 0.05) is 17.6 Å². The van der Waals surface area contributed by atoms with E-state index in [1.807, 2.05) is 40.7 Å². The summed E-state index contributed by atoms with van der Waals surface area (Å²) in [4.78, 5) is 14.3. The van der Waals surface area contributed by atoms with Crippen LogP contribution in [0.2, 0.25) is 0 Å². The molecule has 0 saturated carbocycles. The number of amides is 1. The lowest BCUT2D eigenvalue weighted by Gasteiger charge is -2.34. The average molecular weight is 262 g/mol. The minimum atomic E-state index is -0.338. The smallest absolute Gasteiger partial charge is 0.290 e. The minimum absolute atomic E-state index is 0.142. The van der Waals surface area contributed by atoms with Gasteiger partial charge in [-0.1, -0.05) is 13.8 Å². The molecule has 1 aromatic heterocycles. The molecule has 1 heterocycles. The molecule has 0 N–H and O–H groups in total. The van der Waals surface area contributed by atoms with Crippen molar-refractivity contribution in [1.29, 1.82) is 5.26 Å². The molecule has 0 fully saturated rings. The first-order valence-electron chi connectivity index (χ1n) is 6.55. The van der Waals surface area contributed by atoms with E-state index in [4.69, 9.17) is 9.68 Å². The summed E-state index contributed by atoms with van der Waals surface area (Å²) in [6.07, 6.45) is 1.87. The van der Waals surface area contributed by atoms with Crippen LogP contribution >= 0.6 is 0 Å². The Labute approximate surface area is 115 Å². The van der Waals surface area contributed by atoms with Crippen molar-refractivity contribution in [2.75, 3.05) is 6.54 Å². The highest BCUT2D eigenvalue weighted by molar-refractivity contribution is 5.93. The monoisotopic (exact) mass is 262 g/mol. The van der Waals surface area contributed by atoms with E-state index in [0.29, 0.717) is 18.7 Å². The molecule has 1 rings (SSSR count). The zero-order valence-corrected chi connectivity index (χ0v) is 12.4. The number of hydrogen-bond acceptors (Lipinski definition) is 3. The molecular formula is C15H22N2O2. The summed E-state index contributed by atoms with van der Waals surface area (Å²) >= 11 is 0. The summed E-state index contributed by atoms with van der Waals surface area (Å²) in [7, 11) is 0. The SMILES string of the molecule is CC(C)c1ccoc1C(=O)N(CCC#N)C(C)(C)C. The predicted octanol–water partition coefficient (Wildman–Crippen LogP) is 3.56. The molecule has 104 valence electrons. The van der Waals surface area contributed by atoms with Gasteiger partial charge in [-0.3, -0.25) is 4.79 Å². The van der Waals surface area contributed by atoms with Crippen molar-refractivity contribution < 1.29 is 9.21 Å². The fraction of sp³-hybridized carbons (Fsp3) is 0.600. The summed E-state index contributed by atoms with van der Waals surface area (Å²) in [5.74, 6) is 0.481. The van der Waals surface area contributed by atoms with Crippen molar-refractivity contribution in [3.8, 4) is 6.07 Å². The fourth-order valence-electron chi connectivity index (χ4n) is 1.97.